The van der Waals surface area contributed by atoms with Crippen LogP contribution >= 0.6 is 0 Å². The summed E-state index contributed by atoms with van der Waals surface area (Å²) < 4.78 is 6.71. The lowest BCUT2D eigenvalue weighted by molar-refractivity contribution is -0.130. The molecule has 1 aliphatic rings. The van der Waals surface area contributed by atoms with Crippen molar-refractivity contribution in [3.8, 4) is 0 Å². The van der Waals surface area contributed by atoms with Crippen LogP contribution in [0.2, 0.25) is 0 Å². The molecule has 5 rings (SSSR count). The van der Waals surface area contributed by atoms with Gasteiger partial charge in [0.1, 0.15) is 30.9 Å². The molecule has 4 amide bonds. The summed E-state index contributed by atoms with van der Waals surface area (Å²) in [5.41, 5.74) is 0.853. The Hall–Kier alpha value is -5.37. The van der Waals surface area contributed by atoms with Gasteiger partial charge in [0, 0.05) is 18.4 Å². The number of aliphatic hydroxyl groups excluding tert-OH is 1. The lowest BCUT2D eigenvalue weighted by Gasteiger charge is -2.23. The highest BCUT2D eigenvalue weighted by Gasteiger charge is 2.30. The minimum Gasteiger partial charge on any atom is -0.446 e. The third kappa shape index (κ3) is 8.08. The van der Waals surface area contributed by atoms with Gasteiger partial charge in [0.25, 0.3) is 11.5 Å². The monoisotopic (exact) mass is 643 g/mol. The van der Waals surface area contributed by atoms with Gasteiger partial charge in [-0.15, -0.1) is 0 Å². The van der Waals surface area contributed by atoms with Gasteiger partial charge in [0.05, 0.1) is 17.2 Å². The highest BCUT2D eigenvalue weighted by molar-refractivity contribution is 5.96. The number of fused-ring (bicyclic) bond motifs is 3. The van der Waals surface area contributed by atoms with Crippen LogP contribution in [-0.4, -0.2) is 68.2 Å². The predicted molar refractivity (Wildman–Crippen MR) is 170 cm³/mol. The van der Waals surface area contributed by atoms with E-state index in [0.717, 1.165) is 16.5 Å². The smallest absolute Gasteiger partial charge is 0.275 e. The van der Waals surface area contributed by atoms with E-state index < -0.39 is 60.0 Å². The van der Waals surface area contributed by atoms with E-state index in [2.05, 4.69) is 31.3 Å². The number of carbonyl (C=O) groups is 4. The molecule has 0 saturated carbocycles. The van der Waals surface area contributed by atoms with E-state index in [1.165, 1.54) is 6.92 Å². The van der Waals surface area contributed by atoms with E-state index in [1.807, 2.05) is 30.3 Å². The first-order valence-electron chi connectivity index (χ1n) is 15.4. The minimum absolute atomic E-state index is 0.0324. The summed E-state index contributed by atoms with van der Waals surface area (Å²) in [6.45, 7) is 2.92. The van der Waals surface area contributed by atoms with Crippen molar-refractivity contribution < 1.29 is 28.7 Å². The predicted octanol–water partition coefficient (Wildman–Crippen LogP) is 1.06. The number of aliphatic hydroxyl groups is 1. The summed E-state index contributed by atoms with van der Waals surface area (Å²) in [7, 11) is 0. The number of amides is 4. The highest BCUT2D eigenvalue weighted by atomic mass is 16.3. The quantitative estimate of drug-likeness (QED) is 0.204. The zero-order valence-electron chi connectivity index (χ0n) is 26.1. The molecule has 0 unspecified atom stereocenters. The van der Waals surface area contributed by atoms with Gasteiger partial charge < -0.3 is 30.8 Å². The molecule has 0 fully saturated rings. The third-order valence-corrected chi connectivity index (χ3v) is 7.92. The number of benzene rings is 2. The van der Waals surface area contributed by atoms with Gasteiger partial charge in [-0.25, -0.2) is 9.67 Å². The van der Waals surface area contributed by atoms with Gasteiger partial charge in [-0.2, -0.15) is 5.10 Å². The Morgan fingerprint density at radius 1 is 1.02 bits per heavy atom. The molecule has 3 heterocycles. The molecule has 0 radical (unpaired) electrons. The number of oxazole rings is 1. The van der Waals surface area contributed by atoms with E-state index in [0.29, 0.717) is 29.3 Å². The number of hydrogen-bond donors (Lipinski definition) is 5. The molecular formula is C33H37N7O7. The summed E-state index contributed by atoms with van der Waals surface area (Å²) in [5, 5.41) is 26.5. The summed E-state index contributed by atoms with van der Waals surface area (Å²) in [4.78, 5) is 70.2. The fraction of sp³-hybridized carbons (Fsp3) is 0.364. The van der Waals surface area contributed by atoms with Gasteiger partial charge in [-0.1, -0.05) is 48.5 Å². The Morgan fingerprint density at radius 2 is 1.74 bits per heavy atom. The maximum absolute atomic E-state index is 13.8. The Balaban J connectivity index is 1.41. The minimum atomic E-state index is -1.24. The molecule has 14 heteroatoms. The van der Waals surface area contributed by atoms with Crippen LogP contribution in [0.4, 0.5) is 0 Å². The fourth-order valence-corrected chi connectivity index (χ4v) is 5.45. The van der Waals surface area contributed by atoms with Crippen LogP contribution in [0.25, 0.3) is 10.8 Å². The molecule has 0 spiro atoms. The largest absolute Gasteiger partial charge is 0.446 e. The van der Waals surface area contributed by atoms with Crippen molar-refractivity contribution in [2.24, 2.45) is 0 Å². The Labute approximate surface area is 269 Å². The molecule has 2 aromatic heterocycles. The second-order valence-corrected chi connectivity index (χ2v) is 11.5. The van der Waals surface area contributed by atoms with Crippen LogP contribution in [0.1, 0.15) is 59.9 Å². The van der Waals surface area contributed by atoms with Crippen LogP contribution < -0.4 is 26.8 Å². The molecule has 2 bridgehead atoms. The lowest BCUT2D eigenvalue weighted by atomic mass is 10.0. The zero-order valence-corrected chi connectivity index (χ0v) is 26.1. The Bertz CT molecular complexity index is 1820. The number of aromatic nitrogens is 3. The highest BCUT2D eigenvalue weighted by Crippen LogP contribution is 2.20. The van der Waals surface area contributed by atoms with Crippen LogP contribution in [0.5, 0.6) is 0 Å². The van der Waals surface area contributed by atoms with Gasteiger partial charge in [-0.3, -0.25) is 24.0 Å². The van der Waals surface area contributed by atoms with Gasteiger partial charge in [0.15, 0.2) is 5.69 Å². The van der Waals surface area contributed by atoms with Crippen molar-refractivity contribution in [2.45, 2.75) is 70.3 Å². The Morgan fingerprint density at radius 3 is 2.49 bits per heavy atom. The van der Waals surface area contributed by atoms with Crippen molar-refractivity contribution >= 4 is 34.4 Å². The first-order chi connectivity index (χ1) is 22.6. The van der Waals surface area contributed by atoms with E-state index in [1.54, 1.807) is 31.2 Å². The molecule has 1 aliphatic heterocycles. The molecule has 0 aliphatic carbocycles. The third-order valence-electron chi connectivity index (χ3n) is 7.92. The summed E-state index contributed by atoms with van der Waals surface area (Å²) in [6.07, 6.45) is 1.23. The van der Waals surface area contributed by atoms with Crippen LogP contribution in [-0.2, 0) is 27.3 Å². The number of nitrogens with zero attached hydrogens (tertiary/aromatic N) is 3. The number of hydrogen-bond acceptors (Lipinski definition) is 9. The van der Waals surface area contributed by atoms with Crippen molar-refractivity contribution in [3.63, 3.8) is 0 Å². The van der Waals surface area contributed by atoms with Gasteiger partial charge in [-0.05, 0) is 44.7 Å². The SMILES string of the molecule is Cc1nn(CC(=O)N[C@H]2CCCCNC(=O)[C@H]([C@@H](C)O)NC(=O)c3coc(n3)[C@H](Cc3ccccc3)NC2=O)c(=O)c2ccccc12. The van der Waals surface area contributed by atoms with Crippen molar-refractivity contribution in [2.75, 3.05) is 6.54 Å². The number of aryl methyl sites for hydroxylation is 1. The zero-order chi connectivity index (χ0) is 33.5. The average molecular weight is 644 g/mol. The maximum Gasteiger partial charge on any atom is 0.275 e. The van der Waals surface area contributed by atoms with Crippen molar-refractivity contribution in [1.29, 1.82) is 0 Å². The van der Waals surface area contributed by atoms with E-state index in [-0.39, 0.29) is 31.0 Å². The fourth-order valence-electron chi connectivity index (χ4n) is 5.45. The standard InChI is InChI=1S/C33H37N7O7/c1-19-22-12-6-7-13-23(22)33(46)40(39-19)17-27(42)35-24-14-8-9-15-34-31(45)28(20(2)41)38-30(44)26-18-47-32(37-26)25(36-29(24)43)16-21-10-4-3-5-11-21/h3-7,10-13,18,20,24-25,28,41H,8-9,14-17H2,1-2H3,(H,34,45)(H,35,42)(H,36,43)(H,38,44)/t20-,24+,25+,28+/m1/s1. The summed E-state index contributed by atoms with van der Waals surface area (Å²) >= 11 is 0. The van der Waals surface area contributed by atoms with Gasteiger partial charge >= 0.3 is 0 Å². The van der Waals surface area contributed by atoms with Crippen LogP contribution in [0.3, 0.4) is 0 Å². The first kappa shape index (κ1) is 33.0. The van der Waals surface area contributed by atoms with E-state index in [4.69, 9.17) is 4.42 Å². The van der Waals surface area contributed by atoms with Gasteiger partial charge in [0.2, 0.25) is 23.6 Å². The lowest BCUT2D eigenvalue weighted by Crippen LogP contribution is -2.52. The number of rotatable bonds is 6. The van der Waals surface area contributed by atoms with E-state index >= 15 is 0 Å². The maximum atomic E-state index is 13.8. The molecule has 0 saturated heterocycles. The molecule has 4 aromatic rings. The van der Waals surface area contributed by atoms with E-state index in [9.17, 15) is 29.1 Å². The number of carbonyl (C=O) groups excluding carboxylic acids is 4. The molecule has 5 N–H and O–H groups in total. The summed E-state index contributed by atoms with van der Waals surface area (Å²) in [6, 6.07) is 13.2. The molecule has 246 valence electrons. The second-order valence-electron chi connectivity index (χ2n) is 11.5. The second kappa shape index (κ2) is 14.8. The van der Waals surface area contributed by atoms with Crippen molar-refractivity contribution in [3.05, 3.63) is 94.1 Å². The van der Waals surface area contributed by atoms with Crippen LogP contribution in [0, 0.1) is 6.92 Å². The molecule has 2 aromatic carbocycles. The molecule has 14 nitrogen and oxygen atoms in total. The van der Waals surface area contributed by atoms with Crippen LogP contribution in [0.15, 0.2) is 70.1 Å². The topological polar surface area (TPSA) is 198 Å². The first-order valence-corrected chi connectivity index (χ1v) is 15.4. The average Bonchev–Trinajstić information content (AvgIpc) is 3.55. The summed E-state index contributed by atoms with van der Waals surface area (Å²) in [5.74, 6) is -2.41. The normalized spacial score (nSPS) is 20.1. The molecule has 47 heavy (non-hydrogen) atoms. The molecule has 4 atom stereocenters. The Kier molecular flexibility index (Phi) is 10.4. The van der Waals surface area contributed by atoms with Crippen molar-refractivity contribution in [1.82, 2.24) is 36.0 Å². The number of nitrogens with one attached hydrogen (secondary N) is 4. The molecular weight excluding hydrogens is 606 g/mol.